The van der Waals surface area contributed by atoms with E-state index in [1.54, 1.807) is 7.05 Å². The summed E-state index contributed by atoms with van der Waals surface area (Å²) in [7, 11) is 1.79. The second kappa shape index (κ2) is 6.04. The Morgan fingerprint density at radius 1 is 1.16 bits per heavy atom. The van der Waals surface area contributed by atoms with Gasteiger partial charge in [0.25, 0.3) is 0 Å². The molecule has 2 rings (SSSR count). The van der Waals surface area contributed by atoms with Gasteiger partial charge in [0.2, 0.25) is 11.9 Å². The van der Waals surface area contributed by atoms with Crippen LogP contribution >= 0.6 is 0 Å². The molecular weight excluding hydrogens is 242 g/mol. The molecular formula is C13H23N5O. The number of anilines is 2. The van der Waals surface area contributed by atoms with Crippen LogP contribution < -0.4 is 15.4 Å². The van der Waals surface area contributed by atoms with Crippen molar-refractivity contribution in [1.82, 2.24) is 15.0 Å². The van der Waals surface area contributed by atoms with Gasteiger partial charge in [0, 0.05) is 13.1 Å². The molecule has 0 bridgehead atoms. The summed E-state index contributed by atoms with van der Waals surface area (Å²) in [6.45, 7) is 6.19. The number of nitrogens with zero attached hydrogens (tertiary/aromatic N) is 3. The summed E-state index contributed by atoms with van der Waals surface area (Å²) in [6.07, 6.45) is 3.64. The molecule has 6 heteroatoms. The van der Waals surface area contributed by atoms with E-state index in [2.05, 4.69) is 32.5 Å². The van der Waals surface area contributed by atoms with E-state index in [0.717, 1.165) is 5.92 Å². The summed E-state index contributed by atoms with van der Waals surface area (Å²) in [4.78, 5) is 12.8. The van der Waals surface area contributed by atoms with Crippen LogP contribution in [0.3, 0.4) is 0 Å². The van der Waals surface area contributed by atoms with Gasteiger partial charge in [0.05, 0.1) is 6.10 Å². The second-order valence-electron chi connectivity index (χ2n) is 5.44. The number of rotatable bonds is 5. The number of aromatic nitrogens is 3. The summed E-state index contributed by atoms with van der Waals surface area (Å²) < 4.78 is 5.54. The average Bonchev–Trinajstić information content (AvgIpc) is 2.73. The van der Waals surface area contributed by atoms with E-state index in [1.807, 2.05) is 13.8 Å². The highest BCUT2D eigenvalue weighted by Crippen LogP contribution is 2.27. The molecule has 0 aromatic carbocycles. The number of hydrogen-bond acceptors (Lipinski definition) is 6. The first-order chi connectivity index (χ1) is 9.06. The largest absolute Gasteiger partial charge is 0.461 e. The van der Waals surface area contributed by atoms with Crippen molar-refractivity contribution in [2.24, 2.45) is 5.92 Å². The average molecular weight is 265 g/mol. The Kier molecular flexibility index (Phi) is 4.39. The number of hydrogen-bond donors (Lipinski definition) is 2. The first-order valence-electron chi connectivity index (χ1n) is 6.94. The van der Waals surface area contributed by atoms with Crippen LogP contribution in [0.4, 0.5) is 11.9 Å². The highest BCUT2D eigenvalue weighted by molar-refractivity contribution is 5.36. The summed E-state index contributed by atoms with van der Waals surface area (Å²) in [5.74, 6) is 1.89. The fraction of sp³-hybridized carbons (Fsp3) is 0.769. The monoisotopic (exact) mass is 265 g/mol. The molecule has 1 fully saturated rings. The SMILES string of the molecule is CNc1nc(NC2CCC(C)C2)nc(OC(C)C)n1. The van der Waals surface area contributed by atoms with Gasteiger partial charge in [-0.2, -0.15) is 15.0 Å². The molecule has 0 saturated heterocycles. The summed E-state index contributed by atoms with van der Waals surface area (Å²) >= 11 is 0. The van der Waals surface area contributed by atoms with E-state index in [4.69, 9.17) is 4.74 Å². The van der Waals surface area contributed by atoms with Crippen LogP contribution in [-0.2, 0) is 0 Å². The first-order valence-corrected chi connectivity index (χ1v) is 6.94. The van der Waals surface area contributed by atoms with Gasteiger partial charge < -0.3 is 15.4 Å². The third kappa shape index (κ3) is 3.94. The molecule has 1 heterocycles. The molecule has 106 valence electrons. The van der Waals surface area contributed by atoms with Crippen molar-refractivity contribution >= 4 is 11.9 Å². The number of ether oxygens (including phenoxy) is 1. The van der Waals surface area contributed by atoms with Crippen LogP contribution in [0, 0.1) is 5.92 Å². The normalized spacial score (nSPS) is 22.6. The Balaban J connectivity index is 2.10. The van der Waals surface area contributed by atoms with E-state index in [1.165, 1.54) is 19.3 Å². The highest BCUT2D eigenvalue weighted by atomic mass is 16.5. The summed E-state index contributed by atoms with van der Waals surface area (Å²) in [6, 6.07) is 0.817. The van der Waals surface area contributed by atoms with Crippen LogP contribution in [-0.4, -0.2) is 34.1 Å². The van der Waals surface area contributed by atoms with Crippen LogP contribution in [0.1, 0.15) is 40.0 Å². The molecule has 0 aliphatic heterocycles. The lowest BCUT2D eigenvalue weighted by Crippen LogP contribution is -2.19. The molecule has 1 aromatic rings. The predicted octanol–water partition coefficient (Wildman–Crippen LogP) is 2.30. The highest BCUT2D eigenvalue weighted by Gasteiger charge is 2.22. The van der Waals surface area contributed by atoms with E-state index < -0.39 is 0 Å². The molecule has 2 atom stereocenters. The van der Waals surface area contributed by atoms with Crippen molar-refractivity contribution < 1.29 is 4.74 Å². The van der Waals surface area contributed by atoms with Gasteiger partial charge in [-0.25, -0.2) is 0 Å². The van der Waals surface area contributed by atoms with Gasteiger partial charge in [-0.1, -0.05) is 6.92 Å². The molecule has 1 saturated carbocycles. The van der Waals surface area contributed by atoms with E-state index in [-0.39, 0.29) is 6.10 Å². The standard InChI is InChI=1S/C13H23N5O/c1-8(2)19-13-17-11(14-4)16-12(18-13)15-10-6-5-9(3)7-10/h8-10H,5-7H2,1-4H3,(H2,14,15,16,17,18). The van der Waals surface area contributed by atoms with E-state index in [9.17, 15) is 0 Å². The van der Waals surface area contributed by atoms with Crippen molar-refractivity contribution in [2.75, 3.05) is 17.7 Å². The third-order valence-corrected chi connectivity index (χ3v) is 3.21. The van der Waals surface area contributed by atoms with Crippen molar-refractivity contribution in [3.8, 4) is 6.01 Å². The summed E-state index contributed by atoms with van der Waals surface area (Å²) in [5, 5.41) is 6.31. The molecule has 1 aliphatic carbocycles. The molecule has 0 radical (unpaired) electrons. The Hall–Kier alpha value is -1.59. The van der Waals surface area contributed by atoms with Gasteiger partial charge in [0.15, 0.2) is 0 Å². The molecule has 19 heavy (non-hydrogen) atoms. The molecule has 0 amide bonds. The van der Waals surface area contributed by atoms with Gasteiger partial charge in [-0.05, 0) is 39.0 Å². The van der Waals surface area contributed by atoms with Gasteiger partial charge in [-0.15, -0.1) is 0 Å². The van der Waals surface area contributed by atoms with Crippen LogP contribution in [0.25, 0.3) is 0 Å². The zero-order valence-electron chi connectivity index (χ0n) is 12.1. The topological polar surface area (TPSA) is 72.0 Å². The third-order valence-electron chi connectivity index (χ3n) is 3.21. The van der Waals surface area contributed by atoms with E-state index in [0.29, 0.717) is 23.9 Å². The quantitative estimate of drug-likeness (QED) is 0.851. The zero-order chi connectivity index (χ0) is 13.8. The maximum Gasteiger partial charge on any atom is 0.323 e. The van der Waals surface area contributed by atoms with Gasteiger partial charge in [0.1, 0.15) is 0 Å². The molecule has 6 nitrogen and oxygen atoms in total. The fourth-order valence-electron chi connectivity index (χ4n) is 2.32. The van der Waals surface area contributed by atoms with Crippen LogP contribution in [0.15, 0.2) is 0 Å². The van der Waals surface area contributed by atoms with Crippen molar-refractivity contribution in [3.05, 3.63) is 0 Å². The lowest BCUT2D eigenvalue weighted by atomic mass is 10.1. The Morgan fingerprint density at radius 3 is 2.47 bits per heavy atom. The summed E-state index contributed by atoms with van der Waals surface area (Å²) in [5.41, 5.74) is 0. The molecule has 1 aliphatic rings. The van der Waals surface area contributed by atoms with Gasteiger partial charge in [-0.3, -0.25) is 0 Å². The van der Waals surface area contributed by atoms with Crippen molar-refractivity contribution in [1.29, 1.82) is 0 Å². The minimum absolute atomic E-state index is 0.0476. The van der Waals surface area contributed by atoms with E-state index >= 15 is 0 Å². The minimum atomic E-state index is 0.0476. The maximum absolute atomic E-state index is 5.54. The predicted molar refractivity (Wildman–Crippen MR) is 75.6 cm³/mol. The smallest absolute Gasteiger partial charge is 0.323 e. The Labute approximate surface area is 114 Å². The lowest BCUT2D eigenvalue weighted by Gasteiger charge is -2.14. The number of nitrogens with one attached hydrogen (secondary N) is 2. The Bertz CT molecular complexity index is 423. The molecule has 1 aromatic heterocycles. The lowest BCUT2D eigenvalue weighted by molar-refractivity contribution is 0.222. The van der Waals surface area contributed by atoms with Crippen LogP contribution in [0.2, 0.25) is 0 Å². The van der Waals surface area contributed by atoms with Gasteiger partial charge >= 0.3 is 6.01 Å². The van der Waals surface area contributed by atoms with Crippen molar-refractivity contribution in [2.45, 2.75) is 52.2 Å². The van der Waals surface area contributed by atoms with Crippen molar-refractivity contribution in [3.63, 3.8) is 0 Å². The maximum atomic E-state index is 5.54. The first kappa shape index (κ1) is 13.8. The van der Waals surface area contributed by atoms with Crippen LogP contribution in [0.5, 0.6) is 6.01 Å². The molecule has 2 N–H and O–H groups in total. The second-order valence-corrected chi connectivity index (χ2v) is 5.44. The Morgan fingerprint density at radius 2 is 1.89 bits per heavy atom. The fourth-order valence-corrected chi connectivity index (χ4v) is 2.32. The zero-order valence-corrected chi connectivity index (χ0v) is 12.1. The minimum Gasteiger partial charge on any atom is -0.461 e. The molecule has 0 spiro atoms. The molecule has 2 unspecified atom stereocenters.